The van der Waals surface area contributed by atoms with Gasteiger partial charge in [0.05, 0.1) is 22.2 Å². The second kappa shape index (κ2) is 8.47. The third-order valence-corrected chi connectivity index (χ3v) is 7.98. The number of aromatic nitrogens is 1. The molecule has 2 heterocycles. The fourth-order valence-electron chi connectivity index (χ4n) is 3.36. The van der Waals surface area contributed by atoms with Crippen LogP contribution in [0.25, 0.3) is 32.6 Å². The zero-order valence-electron chi connectivity index (χ0n) is 16.6. The van der Waals surface area contributed by atoms with Crippen molar-refractivity contribution < 1.29 is 4.21 Å². The number of fused-ring (bicyclic) bond motifs is 1. The van der Waals surface area contributed by atoms with Gasteiger partial charge in [0.25, 0.3) is 0 Å². The van der Waals surface area contributed by atoms with Crippen LogP contribution in [0, 0.1) is 6.92 Å². The number of aryl methyl sites for hydroxylation is 1. The second-order valence-corrected chi connectivity index (χ2v) is 9.94. The van der Waals surface area contributed by atoms with E-state index in [-0.39, 0.29) is 0 Å². The molecule has 0 saturated heterocycles. The number of hydrogen-bond donors (Lipinski definition) is 1. The molecule has 148 valence electrons. The summed E-state index contributed by atoms with van der Waals surface area (Å²) in [4.78, 5) is 5.76. The van der Waals surface area contributed by atoms with Crippen molar-refractivity contribution in [2.45, 2.75) is 30.9 Å². The summed E-state index contributed by atoms with van der Waals surface area (Å²) in [6.07, 6.45) is 1.94. The highest BCUT2D eigenvalue weighted by Gasteiger charge is 2.20. The Kier molecular flexibility index (Phi) is 5.79. The Morgan fingerprint density at radius 1 is 1.03 bits per heavy atom. The zero-order valence-corrected chi connectivity index (χ0v) is 18.3. The molecule has 5 heteroatoms. The number of pyridine rings is 1. The first-order valence-electron chi connectivity index (χ1n) is 9.82. The van der Waals surface area contributed by atoms with E-state index in [1.165, 1.54) is 16.9 Å². The number of nitrogens with zero attached hydrogens (tertiary/aromatic N) is 1. The summed E-state index contributed by atoms with van der Waals surface area (Å²) in [5.74, 6) is 0.638. The van der Waals surface area contributed by atoms with Gasteiger partial charge in [-0.05, 0) is 30.5 Å². The van der Waals surface area contributed by atoms with Crippen molar-refractivity contribution in [2.75, 3.05) is 11.5 Å². The number of nitrogens with two attached hydrogens (primary N) is 1. The summed E-state index contributed by atoms with van der Waals surface area (Å²) < 4.78 is 13.6. The molecule has 4 rings (SSSR count). The van der Waals surface area contributed by atoms with E-state index in [4.69, 9.17) is 10.7 Å². The van der Waals surface area contributed by atoms with Gasteiger partial charge in [-0.1, -0.05) is 73.5 Å². The molecule has 4 aromatic rings. The lowest BCUT2D eigenvalue weighted by molar-refractivity contribution is 0.681. The number of nitrogen functional groups attached to an aromatic ring is 1. The van der Waals surface area contributed by atoms with E-state index in [1.54, 1.807) is 0 Å². The summed E-state index contributed by atoms with van der Waals surface area (Å²) >= 11 is 1.47. The maximum atomic E-state index is 12.8. The van der Waals surface area contributed by atoms with Crippen molar-refractivity contribution in [3.05, 3.63) is 66.2 Å². The number of thiophene rings is 1. The fourth-order valence-corrected chi connectivity index (χ4v) is 6.15. The van der Waals surface area contributed by atoms with Gasteiger partial charge in [-0.15, -0.1) is 11.3 Å². The smallest absolute Gasteiger partial charge is 0.127 e. The van der Waals surface area contributed by atoms with E-state index >= 15 is 0 Å². The molecule has 1 unspecified atom stereocenters. The topological polar surface area (TPSA) is 56.0 Å². The Balaban J connectivity index is 1.94. The monoisotopic (exact) mass is 420 g/mol. The van der Waals surface area contributed by atoms with Gasteiger partial charge in [0.15, 0.2) is 0 Å². The van der Waals surface area contributed by atoms with Crippen LogP contribution in [0.1, 0.15) is 25.3 Å². The highest BCUT2D eigenvalue weighted by atomic mass is 32.2. The molecule has 2 aromatic heterocycles. The van der Waals surface area contributed by atoms with Gasteiger partial charge in [0, 0.05) is 16.7 Å². The third-order valence-electron chi connectivity index (χ3n) is 4.99. The van der Waals surface area contributed by atoms with Crippen LogP contribution in [0.2, 0.25) is 0 Å². The average molecular weight is 421 g/mol. The lowest BCUT2D eigenvalue weighted by Crippen LogP contribution is -1.99. The van der Waals surface area contributed by atoms with E-state index < -0.39 is 10.8 Å². The van der Waals surface area contributed by atoms with Crippen LogP contribution in [0.4, 0.5) is 5.69 Å². The molecule has 0 spiro atoms. The summed E-state index contributed by atoms with van der Waals surface area (Å²) in [5, 5.41) is 0.914. The summed E-state index contributed by atoms with van der Waals surface area (Å²) in [7, 11) is -1.09. The zero-order chi connectivity index (χ0) is 20.4. The Morgan fingerprint density at radius 2 is 1.76 bits per heavy atom. The molecular weight excluding hydrogens is 396 g/mol. The van der Waals surface area contributed by atoms with E-state index in [2.05, 4.69) is 56.3 Å². The number of unbranched alkanes of at least 4 members (excludes halogenated alkanes) is 1. The predicted molar refractivity (Wildman–Crippen MR) is 126 cm³/mol. The first-order chi connectivity index (χ1) is 14.1. The summed E-state index contributed by atoms with van der Waals surface area (Å²) in [6.45, 7) is 4.18. The first-order valence-corrected chi connectivity index (χ1v) is 12.0. The Hall–Kier alpha value is -2.50. The molecule has 0 fully saturated rings. The van der Waals surface area contributed by atoms with E-state index in [0.717, 1.165) is 49.7 Å². The highest BCUT2D eigenvalue weighted by molar-refractivity contribution is 7.87. The molecule has 0 saturated carbocycles. The fraction of sp³-hybridized carbons (Fsp3) is 0.208. The molecule has 1 atom stereocenters. The summed E-state index contributed by atoms with van der Waals surface area (Å²) in [5.41, 5.74) is 12.5. The maximum Gasteiger partial charge on any atom is 0.127 e. The van der Waals surface area contributed by atoms with Gasteiger partial charge in [0.2, 0.25) is 0 Å². The quantitative estimate of drug-likeness (QED) is 0.391. The second-order valence-electron chi connectivity index (χ2n) is 7.17. The lowest BCUT2D eigenvalue weighted by atomic mass is 10.00. The van der Waals surface area contributed by atoms with Crippen LogP contribution in [0.5, 0.6) is 0 Å². The number of rotatable bonds is 6. The normalized spacial score (nSPS) is 12.3. The third kappa shape index (κ3) is 3.98. The van der Waals surface area contributed by atoms with E-state index in [9.17, 15) is 4.21 Å². The SMILES string of the molecule is CCCCS(=O)c1sc2nc(-c3ccc(C)cc3)cc(-c3ccccc3)c2c1N. The van der Waals surface area contributed by atoms with Gasteiger partial charge in [0.1, 0.15) is 9.04 Å². The largest absolute Gasteiger partial charge is 0.396 e. The molecule has 0 amide bonds. The van der Waals surface area contributed by atoms with Crippen molar-refractivity contribution in [3.8, 4) is 22.4 Å². The average Bonchev–Trinajstić information content (AvgIpc) is 3.09. The van der Waals surface area contributed by atoms with Crippen LogP contribution >= 0.6 is 11.3 Å². The minimum Gasteiger partial charge on any atom is -0.396 e. The standard InChI is InChI=1S/C24H24N2OS2/c1-3-4-14-29(27)24-22(25)21-19(17-8-6-5-7-9-17)15-20(26-23(21)28-24)18-12-10-16(2)11-13-18/h5-13,15H,3-4,14,25H2,1-2H3. The van der Waals surface area contributed by atoms with Gasteiger partial charge in [-0.25, -0.2) is 4.98 Å². The maximum absolute atomic E-state index is 12.8. The molecule has 0 aliphatic carbocycles. The molecule has 29 heavy (non-hydrogen) atoms. The number of hydrogen-bond acceptors (Lipinski definition) is 4. The van der Waals surface area contributed by atoms with Crippen LogP contribution in [0.15, 0.2) is 64.9 Å². The highest BCUT2D eigenvalue weighted by Crippen LogP contribution is 2.42. The molecule has 3 nitrogen and oxygen atoms in total. The van der Waals surface area contributed by atoms with Crippen molar-refractivity contribution in [2.24, 2.45) is 0 Å². The molecule has 0 aliphatic heterocycles. The van der Waals surface area contributed by atoms with Crippen LogP contribution in [-0.2, 0) is 10.8 Å². The Labute approximate surface area is 178 Å². The van der Waals surface area contributed by atoms with Crippen LogP contribution in [-0.4, -0.2) is 14.9 Å². The van der Waals surface area contributed by atoms with Crippen LogP contribution in [0.3, 0.4) is 0 Å². The molecule has 0 aliphatic rings. The predicted octanol–water partition coefficient (Wildman–Crippen LogP) is 6.43. The van der Waals surface area contributed by atoms with Gasteiger partial charge in [-0.3, -0.25) is 4.21 Å². The number of anilines is 1. The number of benzene rings is 2. The van der Waals surface area contributed by atoms with Gasteiger partial charge in [-0.2, -0.15) is 0 Å². The minimum atomic E-state index is -1.09. The van der Waals surface area contributed by atoms with Crippen molar-refractivity contribution in [3.63, 3.8) is 0 Å². The molecule has 2 aromatic carbocycles. The Bertz CT molecular complexity index is 1170. The lowest BCUT2D eigenvalue weighted by Gasteiger charge is -2.09. The first kappa shape index (κ1) is 19.8. The molecule has 2 N–H and O–H groups in total. The van der Waals surface area contributed by atoms with Gasteiger partial charge >= 0.3 is 0 Å². The molecule has 0 bridgehead atoms. The van der Waals surface area contributed by atoms with Crippen molar-refractivity contribution >= 4 is 38.0 Å². The van der Waals surface area contributed by atoms with E-state index in [0.29, 0.717) is 11.4 Å². The van der Waals surface area contributed by atoms with Crippen molar-refractivity contribution in [1.29, 1.82) is 0 Å². The molecule has 0 radical (unpaired) electrons. The van der Waals surface area contributed by atoms with E-state index in [1.807, 2.05) is 18.2 Å². The Morgan fingerprint density at radius 3 is 2.45 bits per heavy atom. The molecular formula is C24H24N2OS2. The van der Waals surface area contributed by atoms with Gasteiger partial charge < -0.3 is 5.73 Å². The summed E-state index contributed by atoms with van der Waals surface area (Å²) in [6, 6.07) is 20.7. The minimum absolute atomic E-state index is 0.612. The van der Waals surface area contributed by atoms with Crippen molar-refractivity contribution in [1.82, 2.24) is 4.98 Å². The van der Waals surface area contributed by atoms with Crippen LogP contribution < -0.4 is 5.73 Å².